The average molecular weight is 361 g/mol. The zero-order valence-corrected chi connectivity index (χ0v) is 15.2. The van der Waals surface area contributed by atoms with Gasteiger partial charge in [-0.25, -0.2) is 4.39 Å². The van der Waals surface area contributed by atoms with Gasteiger partial charge in [-0.05, 0) is 37.1 Å². The lowest BCUT2D eigenvalue weighted by Crippen LogP contribution is -2.40. The minimum absolute atomic E-state index is 0.0914. The molecule has 3 amide bonds. The highest BCUT2D eigenvalue weighted by atomic mass is 19.1. The standard InChI is InChI=1S/C19H24FN3O3/c1-13-10-15(5-6-16(13)20)23-12-14(11-18(23)25)19(26)21(2)8-9-22-7-3-4-17(22)24/h5-6,10,14H,3-4,7-9,11-12H2,1-2H3. The number of anilines is 1. The summed E-state index contributed by atoms with van der Waals surface area (Å²) in [6.45, 7) is 3.69. The molecule has 140 valence electrons. The first-order chi connectivity index (χ1) is 12.4. The van der Waals surface area contributed by atoms with Crippen LogP contribution in [0.15, 0.2) is 18.2 Å². The normalized spacial score (nSPS) is 20.2. The fraction of sp³-hybridized carbons (Fsp3) is 0.526. The quantitative estimate of drug-likeness (QED) is 0.800. The molecule has 2 fully saturated rings. The molecule has 3 rings (SSSR count). The Morgan fingerprint density at radius 1 is 1.31 bits per heavy atom. The topological polar surface area (TPSA) is 60.9 Å². The van der Waals surface area contributed by atoms with Crippen LogP contribution in [-0.2, 0) is 14.4 Å². The summed E-state index contributed by atoms with van der Waals surface area (Å²) in [6, 6.07) is 4.53. The van der Waals surface area contributed by atoms with Crippen LogP contribution >= 0.6 is 0 Å². The number of benzene rings is 1. The molecule has 6 nitrogen and oxygen atoms in total. The highest BCUT2D eigenvalue weighted by molar-refractivity contribution is 6.00. The molecule has 0 aromatic heterocycles. The fourth-order valence-corrected chi connectivity index (χ4v) is 3.55. The van der Waals surface area contributed by atoms with E-state index in [0.29, 0.717) is 37.3 Å². The number of rotatable bonds is 5. The Morgan fingerprint density at radius 3 is 2.73 bits per heavy atom. The Kier molecular flexibility index (Phi) is 5.25. The van der Waals surface area contributed by atoms with E-state index < -0.39 is 5.92 Å². The highest BCUT2D eigenvalue weighted by Gasteiger charge is 2.36. The maximum Gasteiger partial charge on any atom is 0.227 e. The molecule has 2 heterocycles. The smallest absolute Gasteiger partial charge is 0.227 e. The third kappa shape index (κ3) is 3.71. The average Bonchev–Trinajstić information content (AvgIpc) is 3.20. The van der Waals surface area contributed by atoms with Gasteiger partial charge in [-0.2, -0.15) is 0 Å². The van der Waals surface area contributed by atoms with Crippen LogP contribution in [0, 0.1) is 18.7 Å². The zero-order chi connectivity index (χ0) is 18.8. The number of aryl methyl sites for hydroxylation is 1. The second-order valence-corrected chi connectivity index (χ2v) is 7.08. The van der Waals surface area contributed by atoms with Crippen LogP contribution in [0.2, 0.25) is 0 Å². The van der Waals surface area contributed by atoms with Gasteiger partial charge in [0.15, 0.2) is 0 Å². The second-order valence-electron chi connectivity index (χ2n) is 7.08. The Hall–Kier alpha value is -2.44. The van der Waals surface area contributed by atoms with E-state index in [0.717, 1.165) is 13.0 Å². The van der Waals surface area contributed by atoms with Gasteiger partial charge in [-0.1, -0.05) is 0 Å². The van der Waals surface area contributed by atoms with Gasteiger partial charge in [0.2, 0.25) is 17.7 Å². The molecule has 26 heavy (non-hydrogen) atoms. The van der Waals surface area contributed by atoms with Gasteiger partial charge in [0, 0.05) is 51.8 Å². The van der Waals surface area contributed by atoms with Crippen molar-refractivity contribution in [3.63, 3.8) is 0 Å². The molecule has 2 aliphatic rings. The van der Waals surface area contributed by atoms with Crippen molar-refractivity contribution in [2.75, 3.05) is 38.1 Å². The molecule has 0 aliphatic carbocycles. The number of carbonyl (C=O) groups excluding carboxylic acids is 3. The van der Waals surface area contributed by atoms with Gasteiger partial charge >= 0.3 is 0 Å². The Balaban J connectivity index is 1.59. The van der Waals surface area contributed by atoms with E-state index in [9.17, 15) is 18.8 Å². The molecule has 2 aliphatic heterocycles. The van der Waals surface area contributed by atoms with E-state index in [4.69, 9.17) is 0 Å². The minimum Gasteiger partial charge on any atom is -0.344 e. The molecule has 0 bridgehead atoms. The molecule has 1 unspecified atom stereocenters. The number of halogens is 1. The third-order valence-electron chi connectivity index (χ3n) is 5.18. The summed E-state index contributed by atoms with van der Waals surface area (Å²) in [7, 11) is 1.71. The Labute approximate surface area is 152 Å². The number of hydrogen-bond acceptors (Lipinski definition) is 3. The van der Waals surface area contributed by atoms with E-state index in [2.05, 4.69) is 0 Å². The molecule has 2 saturated heterocycles. The number of likely N-dealkylation sites (N-methyl/N-ethyl adjacent to an activating group) is 1. The first-order valence-electron chi connectivity index (χ1n) is 8.96. The van der Waals surface area contributed by atoms with Gasteiger partial charge < -0.3 is 14.7 Å². The molecule has 7 heteroatoms. The lowest BCUT2D eigenvalue weighted by atomic mass is 10.1. The zero-order valence-electron chi connectivity index (χ0n) is 15.2. The molecule has 0 spiro atoms. The number of carbonyl (C=O) groups is 3. The number of nitrogens with zero attached hydrogens (tertiary/aromatic N) is 3. The van der Waals surface area contributed by atoms with Crippen molar-refractivity contribution in [3.05, 3.63) is 29.6 Å². The van der Waals surface area contributed by atoms with Crippen LogP contribution in [0.1, 0.15) is 24.8 Å². The summed E-state index contributed by atoms with van der Waals surface area (Å²) in [5.41, 5.74) is 1.09. The molecule has 1 atom stereocenters. The SMILES string of the molecule is Cc1cc(N2CC(C(=O)N(C)CCN3CCCC3=O)CC2=O)ccc1F. The first-order valence-corrected chi connectivity index (χ1v) is 8.96. The predicted molar refractivity (Wildman–Crippen MR) is 95.0 cm³/mol. The summed E-state index contributed by atoms with van der Waals surface area (Å²) in [6.07, 6.45) is 1.61. The van der Waals surface area contributed by atoms with Crippen molar-refractivity contribution < 1.29 is 18.8 Å². The Bertz CT molecular complexity index is 737. The maximum absolute atomic E-state index is 13.4. The number of likely N-dealkylation sites (tertiary alicyclic amines) is 1. The van der Waals surface area contributed by atoms with E-state index in [1.165, 1.54) is 6.07 Å². The van der Waals surface area contributed by atoms with Crippen molar-refractivity contribution >= 4 is 23.4 Å². The number of amides is 3. The first kappa shape index (κ1) is 18.4. The summed E-state index contributed by atoms with van der Waals surface area (Å²) in [4.78, 5) is 41.6. The van der Waals surface area contributed by atoms with E-state index >= 15 is 0 Å². The molecular formula is C19H24FN3O3. The van der Waals surface area contributed by atoms with Crippen LogP contribution in [0.4, 0.5) is 10.1 Å². The van der Waals surface area contributed by atoms with E-state index in [1.54, 1.807) is 40.8 Å². The van der Waals surface area contributed by atoms with Crippen molar-refractivity contribution in [2.45, 2.75) is 26.2 Å². The summed E-state index contributed by atoms with van der Waals surface area (Å²) >= 11 is 0. The third-order valence-corrected chi connectivity index (χ3v) is 5.18. The molecule has 1 aromatic rings. The van der Waals surface area contributed by atoms with Gasteiger partial charge in [-0.3, -0.25) is 14.4 Å². The lowest BCUT2D eigenvalue weighted by molar-refractivity contribution is -0.135. The van der Waals surface area contributed by atoms with Crippen molar-refractivity contribution in [1.82, 2.24) is 9.80 Å². The maximum atomic E-state index is 13.4. The summed E-state index contributed by atoms with van der Waals surface area (Å²) in [5.74, 6) is -0.806. The van der Waals surface area contributed by atoms with Crippen molar-refractivity contribution in [3.8, 4) is 0 Å². The molecular weight excluding hydrogens is 337 g/mol. The van der Waals surface area contributed by atoms with E-state index in [-0.39, 0.29) is 30.0 Å². The van der Waals surface area contributed by atoms with Gasteiger partial charge in [0.05, 0.1) is 5.92 Å². The summed E-state index contributed by atoms with van der Waals surface area (Å²) < 4.78 is 13.4. The molecule has 1 aromatic carbocycles. The monoisotopic (exact) mass is 361 g/mol. The summed E-state index contributed by atoms with van der Waals surface area (Å²) in [5, 5.41) is 0. The van der Waals surface area contributed by atoms with Crippen LogP contribution in [-0.4, -0.2) is 60.7 Å². The molecule has 0 radical (unpaired) electrons. The lowest BCUT2D eigenvalue weighted by Gasteiger charge is -2.24. The van der Waals surface area contributed by atoms with Crippen LogP contribution in [0.3, 0.4) is 0 Å². The van der Waals surface area contributed by atoms with Crippen LogP contribution in [0.5, 0.6) is 0 Å². The molecule has 0 saturated carbocycles. The Morgan fingerprint density at radius 2 is 2.08 bits per heavy atom. The van der Waals surface area contributed by atoms with Crippen molar-refractivity contribution in [2.24, 2.45) is 5.92 Å². The van der Waals surface area contributed by atoms with Gasteiger partial charge in [0.25, 0.3) is 0 Å². The minimum atomic E-state index is -0.410. The van der Waals surface area contributed by atoms with Gasteiger partial charge in [0.1, 0.15) is 5.82 Å². The predicted octanol–water partition coefficient (Wildman–Crippen LogP) is 1.57. The van der Waals surface area contributed by atoms with Gasteiger partial charge in [-0.15, -0.1) is 0 Å². The molecule has 0 N–H and O–H groups in total. The van der Waals surface area contributed by atoms with Crippen LogP contribution in [0.25, 0.3) is 0 Å². The highest BCUT2D eigenvalue weighted by Crippen LogP contribution is 2.27. The van der Waals surface area contributed by atoms with Crippen molar-refractivity contribution in [1.29, 1.82) is 0 Å². The number of hydrogen-bond donors (Lipinski definition) is 0. The fourth-order valence-electron chi connectivity index (χ4n) is 3.55. The largest absolute Gasteiger partial charge is 0.344 e. The van der Waals surface area contributed by atoms with Crippen LogP contribution < -0.4 is 4.90 Å². The second kappa shape index (κ2) is 7.43. The van der Waals surface area contributed by atoms with E-state index in [1.807, 2.05) is 0 Å².